The zero-order valence-electron chi connectivity index (χ0n) is 16.1. The second kappa shape index (κ2) is 9.16. The molecule has 0 atom stereocenters. The highest BCUT2D eigenvalue weighted by atomic mass is 19.2. The number of methoxy groups -OCH3 is 1. The first-order valence-electron chi connectivity index (χ1n) is 10.2. The highest BCUT2D eigenvalue weighted by Gasteiger charge is 2.32. The standard InChI is InChI=1S/C22H32F2O2/c1-3-15-4-6-16(7-5-15)17-8-10-18(11-9-17)19-12-13-20(26-14-25-2)22(24)21(19)23/h12-13,15-18H,3-11,14H2,1-2H3. The Kier molecular flexibility index (Phi) is 6.91. The third kappa shape index (κ3) is 4.39. The molecule has 0 heterocycles. The Morgan fingerprint density at radius 3 is 2.08 bits per heavy atom. The normalized spacial score (nSPS) is 29.5. The largest absolute Gasteiger partial charge is 0.464 e. The predicted octanol–water partition coefficient (Wildman–Crippen LogP) is 6.44. The third-order valence-corrected chi connectivity index (χ3v) is 6.76. The summed E-state index contributed by atoms with van der Waals surface area (Å²) in [7, 11) is 1.45. The van der Waals surface area contributed by atoms with E-state index in [9.17, 15) is 8.78 Å². The fraction of sp³-hybridized carbons (Fsp3) is 0.727. The number of ether oxygens (including phenoxy) is 2. The van der Waals surface area contributed by atoms with Crippen molar-refractivity contribution in [1.82, 2.24) is 0 Å². The summed E-state index contributed by atoms with van der Waals surface area (Å²) in [6, 6.07) is 3.23. The maximum absolute atomic E-state index is 14.5. The zero-order chi connectivity index (χ0) is 18.5. The van der Waals surface area contributed by atoms with Crippen LogP contribution in [0, 0.1) is 29.4 Å². The van der Waals surface area contributed by atoms with Crippen LogP contribution in [0.1, 0.15) is 76.2 Å². The van der Waals surface area contributed by atoms with Crippen molar-refractivity contribution in [1.29, 1.82) is 0 Å². The van der Waals surface area contributed by atoms with E-state index in [0.29, 0.717) is 5.56 Å². The van der Waals surface area contributed by atoms with E-state index in [1.165, 1.54) is 45.3 Å². The Balaban J connectivity index is 1.57. The highest BCUT2D eigenvalue weighted by Crippen LogP contribution is 2.45. The van der Waals surface area contributed by atoms with Crippen LogP contribution in [-0.2, 0) is 4.74 Å². The van der Waals surface area contributed by atoms with E-state index in [0.717, 1.165) is 43.4 Å². The van der Waals surface area contributed by atoms with Gasteiger partial charge in [0, 0.05) is 7.11 Å². The van der Waals surface area contributed by atoms with Gasteiger partial charge in [-0.2, -0.15) is 4.39 Å². The number of halogens is 2. The van der Waals surface area contributed by atoms with E-state index in [-0.39, 0.29) is 18.5 Å². The van der Waals surface area contributed by atoms with E-state index in [4.69, 9.17) is 9.47 Å². The summed E-state index contributed by atoms with van der Waals surface area (Å²) in [6.07, 6.45) is 11.0. The average Bonchev–Trinajstić information content (AvgIpc) is 2.69. The van der Waals surface area contributed by atoms with Crippen LogP contribution in [0.2, 0.25) is 0 Å². The van der Waals surface area contributed by atoms with Gasteiger partial charge < -0.3 is 9.47 Å². The number of hydrogen-bond acceptors (Lipinski definition) is 2. The lowest BCUT2D eigenvalue weighted by Gasteiger charge is -2.38. The van der Waals surface area contributed by atoms with Gasteiger partial charge in [-0.15, -0.1) is 0 Å². The molecule has 2 aliphatic carbocycles. The molecule has 2 nitrogen and oxygen atoms in total. The van der Waals surface area contributed by atoms with E-state index in [1.54, 1.807) is 6.07 Å². The maximum atomic E-state index is 14.5. The molecular weight excluding hydrogens is 334 g/mol. The van der Waals surface area contributed by atoms with Gasteiger partial charge in [-0.05, 0) is 73.8 Å². The lowest BCUT2D eigenvalue weighted by atomic mass is 9.68. The zero-order valence-corrected chi connectivity index (χ0v) is 16.1. The van der Waals surface area contributed by atoms with Crippen molar-refractivity contribution < 1.29 is 18.3 Å². The minimum atomic E-state index is -0.889. The molecule has 2 fully saturated rings. The van der Waals surface area contributed by atoms with E-state index in [1.807, 2.05) is 0 Å². The molecule has 0 amide bonds. The average molecular weight is 366 g/mol. The molecule has 4 heteroatoms. The van der Waals surface area contributed by atoms with Gasteiger partial charge in [0.25, 0.3) is 0 Å². The third-order valence-electron chi connectivity index (χ3n) is 6.76. The molecular formula is C22H32F2O2. The van der Waals surface area contributed by atoms with Crippen molar-refractivity contribution >= 4 is 0 Å². The first-order valence-corrected chi connectivity index (χ1v) is 10.2. The van der Waals surface area contributed by atoms with Crippen LogP contribution in [0.3, 0.4) is 0 Å². The molecule has 3 rings (SSSR count). The Bertz CT molecular complexity index is 574. The van der Waals surface area contributed by atoms with Crippen LogP contribution >= 0.6 is 0 Å². The van der Waals surface area contributed by atoms with Crippen molar-refractivity contribution in [2.75, 3.05) is 13.9 Å². The van der Waals surface area contributed by atoms with Crippen LogP contribution in [0.5, 0.6) is 5.75 Å². The number of benzene rings is 1. The monoisotopic (exact) mass is 366 g/mol. The fourth-order valence-corrected chi connectivity index (χ4v) is 5.07. The molecule has 1 aromatic carbocycles. The van der Waals surface area contributed by atoms with Gasteiger partial charge in [0.2, 0.25) is 5.82 Å². The molecule has 0 spiro atoms. The highest BCUT2D eigenvalue weighted by molar-refractivity contribution is 5.33. The Morgan fingerprint density at radius 2 is 1.50 bits per heavy atom. The predicted molar refractivity (Wildman–Crippen MR) is 99.3 cm³/mol. The summed E-state index contributed by atoms with van der Waals surface area (Å²) >= 11 is 0. The van der Waals surface area contributed by atoms with Gasteiger partial charge >= 0.3 is 0 Å². The van der Waals surface area contributed by atoms with Gasteiger partial charge in [0.15, 0.2) is 18.4 Å². The van der Waals surface area contributed by atoms with Crippen molar-refractivity contribution in [2.24, 2.45) is 17.8 Å². The molecule has 1 aromatic rings. The molecule has 0 aromatic heterocycles. The first kappa shape index (κ1) is 19.6. The quantitative estimate of drug-likeness (QED) is 0.540. The SMILES string of the molecule is CCC1CCC(C2CCC(c3ccc(OCOC)c(F)c3F)CC2)CC1. The molecule has 0 N–H and O–H groups in total. The topological polar surface area (TPSA) is 18.5 Å². The molecule has 0 unspecified atom stereocenters. The van der Waals surface area contributed by atoms with Crippen molar-refractivity contribution in [3.8, 4) is 5.75 Å². The van der Waals surface area contributed by atoms with Crippen molar-refractivity contribution in [3.63, 3.8) is 0 Å². The molecule has 2 saturated carbocycles. The molecule has 2 aliphatic rings. The minimum absolute atomic E-state index is 0.0746. The number of rotatable bonds is 6. The van der Waals surface area contributed by atoms with E-state index < -0.39 is 11.6 Å². The second-order valence-corrected chi connectivity index (χ2v) is 8.13. The molecule has 0 bridgehead atoms. The van der Waals surface area contributed by atoms with Gasteiger partial charge in [-0.1, -0.05) is 32.3 Å². The Hall–Kier alpha value is -1.16. The fourth-order valence-electron chi connectivity index (χ4n) is 5.07. The van der Waals surface area contributed by atoms with Crippen LogP contribution < -0.4 is 4.74 Å². The van der Waals surface area contributed by atoms with Crippen molar-refractivity contribution in [3.05, 3.63) is 29.3 Å². The van der Waals surface area contributed by atoms with Gasteiger partial charge in [0.05, 0.1) is 0 Å². The Labute approximate surface area is 156 Å². The summed E-state index contributed by atoms with van der Waals surface area (Å²) in [4.78, 5) is 0. The van der Waals surface area contributed by atoms with Crippen LogP contribution in [0.4, 0.5) is 8.78 Å². The molecule has 0 aliphatic heterocycles. The second-order valence-electron chi connectivity index (χ2n) is 8.13. The van der Waals surface area contributed by atoms with Gasteiger partial charge in [-0.25, -0.2) is 4.39 Å². The van der Waals surface area contributed by atoms with Crippen LogP contribution in [0.25, 0.3) is 0 Å². The van der Waals surface area contributed by atoms with Crippen LogP contribution in [-0.4, -0.2) is 13.9 Å². The smallest absolute Gasteiger partial charge is 0.201 e. The summed E-state index contributed by atoms with van der Waals surface area (Å²) < 4.78 is 38.6. The molecule has 0 radical (unpaired) electrons. The first-order chi connectivity index (χ1) is 12.6. The Morgan fingerprint density at radius 1 is 0.885 bits per heavy atom. The molecule has 0 saturated heterocycles. The van der Waals surface area contributed by atoms with E-state index >= 15 is 0 Å². The lowest BCUT2D eigenvalue weighted by Crippen LogP contribution is -2.25. The summed E-state index contributed by atoms with van der Waals surface area (Å²) in [5.74, 6) is 0.980. The summed E-state index contributed by atoms with van der Waals surface area (Å²) in [5, 5.41) is 0. The summed E-state index contributed by atoms with van der Waals surface area (Å²) in [5.41, 5.74) is 0.514. The van der Waals surface area contributed by atoms with Gasteiger partial charge in [-0.3, -0.25) is 0 Å². The lowest BCUT2D eigenvalue weighted by molar-refractivity contribution is 0.0477. The van der Waals surface area contributed by atoms with E-state index in [2.05, 4.69) is 6.92 Å². The number of hydrogen-bond donors (Lipinski definition) is 0. The molecule has 146 valence electrons. The minimum Gasteiger partial charge on any atom is -0.464 e. The van der Waals surface area contributed by atoms with Gasteiger partial charge in [0.1, 0.15) is 0 Å². The van der Waals surface area contributed by atoms with Crippen molar-refractivity contribution in [2.45, 2.75) is 70.6 Å². The summed E-state index contributed by atoms with van der Waals surface area (Å²) in [6.45, 7) is 2.22. The van der Waals surface area contributed by atoms with Crippen LogP contribution in [0.15, 0.2) is 12.1 Å². The molecule has 26 heavy (non-hydrogen) atoms. The maximum Gasteiger partial charge on any atom is 0.201 e.